The van der Waals surface area contributed by atoms with Crippen molar-refractivity contribution in [2.24, 2.45) is 0 Å². The fraction of sp³-hybridized carbons (Fsp3) is 0.312. The van der Waals surface area contributed by atoms with Gasteiger partial charge in [0.2, 0.25) is 0 Å². The molecule has 4 nitrogen and oxygen atoms in total. The Labute approximate surface area is 118 Å². The number of nitrogens with one attached hydrogen (secondary N) is 2. The summed E-state index contributed by atoms with van der Waals surface area (Å²) in [5.41, 5.74) is 2.45. The molecule has 0 atom stereocenters. The number of benzene rings is 1. The highest BCUT2D eigenvalue weighted by Crippen LogP contribution is 2.20. The molecule has 1 heterocycles. The molecule has 0 aliphatic rings. The monoisotopic (exact) mass is 272 g/mol. The molecule has 4 heteroatoms. The minimum Gasteiger partial charge on any atom is -0.491 e. The molecule has 0 fully saturated rings. The normalized spacial score (nSPS) is 10.8. The molecular weight excluding hydrogens is 252 g/mol. The van der Waals surface area contributed by atoms with Crippen molar-refractivity contribution in [2.45, 2.75) is 26.5 Å². The van der Waals surface area contributed by atoms with Gasteiger partial charge in [-0.25, -0.2) is 0 Å². The van der Waals surface area contributed by atoms with Crippen molar-refractivity contribution < 1.29 is 4.74 Å². The van der Waals surface area contributed by atoms with Crippen LogP contribution in [0.15, 0.2) is 41.2 Å². The van der Waals surface area contributed by atoms with E-state index in [-0.39, 0.29) is 11.7 Å². The van der Waals surface area contributed by atoms with Gasteiger partial charge in [0, 0.05) is 17.8 Å². The number of hydrogen-bond donors (Lipinski definition) is 2. The van der Waals surface area contributed by atoms with E-state index in [0.717, 1.165) is 22.6 Å². The summed E-state index contributed by atoms with van der Waals surface area (Å²) < 4.78 is 5.60. The molecule has 2 N–H and O–H groups in total. The summed E-state index contributed by atoms with van der Waals surface area (Å²) in [5, 5.41) is 2.97. The van der Waals surface area contributed by atoms with Crippen molar-refractivity contribution in [3.05, 3.63) is 52.3 Å². The van der Waals surface area contributed by atoms with E-state index in [0.29, 0.717) is 6.54 Å². The second-order valence-electron chi connectivity index (χ2n) is 4.95. The van der Waals surface area contributed by atoms with E-state index in [2.05, 4.69) is 10.3 Å². The zero-order chi connectivity index (χ0) is 14.5. The van der Waals surface area contributed by atoms with Crippen LogP contribution >= 0.6 is 0 Å². The van der Waals surface area contributed by atoms with Gasteiger partial charge in [-0.15, -0.1) is 0 Å². The summed E-state index contributed by atoms with van der Waals surface area (Å²) in [7, 11) is 1.82. The quantitative estimate of drug-likeness (QED) is 0.879. The van der Waals surface area contributed by atoms with Gasteiger partial charge in [-0.1, -0.05) is 6.07 Å². The number of H-pyrrole nitrogens is 1. The van der Waals surface area contributed by atoms with Gasteiger partial charge >= 0.3 is 0 Å². The third-order valence-electron chi connectivity index (χ3n) is 2.90. The van der Waals surface area contributed by atoms with Crippen LogP contribution in [0.4, 0.5) is 0 Å². The van der Waals surface area contributed by atoms with E-state index in [1.54, 1.807) is 0 Å². The predicted molar refractivity (Wildman–Crippen MR) is 81.0 cm³/mol. The molecule has 1 aromatic heterocycles. The maximum absolute atomic E-state index is 11.9. The fourth-order valence-electron chi connectivity index (χ4n) is 1.99. The van der Waals surface area contributed by atoms with Crippen molar-refractivity contribution in [1.29, 1.82) is 0 Å². The maximum Gasteiger partial charge on any atom is 0.252 e. The molecule has 20 heavy (non-hydrogen) atoms. The molecule has 0 saturated carbocycles. The molecule has 0 aliphatic heterocycles. The number of rotatable bonds is 5. The number of aromatic amines is 1. The topological polar surface area (TPSA) is 54.1 Å². The highest BCUT2D eigenvalue weighted by Gasteiger charge is 2.03. The highest BCUT2D eigenvalue weighted by molar-refractivity contribution is 5.60. The van der Waals surface area contributed by atoms with Crippen LogP contribution in [0.3, 0.4) is 0 Å². The lowest BCUT2D eigenvalue weighted by Crippen LogP contribution is -2.18. The average molecular weight is 272 g/mol. The van der Waals surface area contributed by atoms with Gasteiger partial charge < -0.3 is 15.0 Å². The average Bonchev–Trinajstić information content (AvgIpc) is 2.41. The lowest BCUT2D eigenvalue weighted by Gasteiger charge is -2.10. The summed E-state index contributed by atoms with van der Waals surface area (Å²) in [5.74, 6) is 0.831. The number of aromatic nitrogens is 1. The minimum absolute atomic E-state index is 0.0562. The Hall–Kier alpha value is -2.07. The zero-order valence-corrected chi connectivity index (χ0v) is 12.1. The molecule has 0 spiro atoms. The molecule has 0 radical (unpaired) electrons. The number of hydrogen-bond acceptors (Lipinski definition) is 3. The van der Waals surface area contributed by atoms with Crippen LogP contribution in [0, 0.1) is 0 Å². The first kappa shape index (κ1) is 14.3. The predicted octanol–water partition coefficient (Wildman–Crippen LogP) is 2.55. The van der Waals surface area contributed by atoms with E-state index >= 15 is 0 Å². The Morgan fingerprint density at radius 2 is 1.85 bits per heavy atom. The van der Waals surface area contributed by atoms with Crippen LogP contribution in [0.1, 0.15) is 19.4 Å². The molecule has 0 bridgehead atoms. The first-order valence-electron chi connectivity index (χ1n) is 6.74. The third-order valence-corrected chi connectivity index (χ3v) is 2.90. The molecule has 106 valence electrons. The second kappa shape index (κ2) is 6.39. The first-order valence-corrected chi connectivity index (χ1v) is 6.74. The zero-order valence-electron chi connectivity index (χ0n) is 12.1. The molecule has 0 aliphatic carbocycles. The summed E-state index contributed by atoms with van der Waals surface area (Å²) in [4.78, 5) is 14.8. The van der Waals surface area contributed by atoms with Crippen LogP contribution < -0.4 is 15.6 Å². The van der Waals surface area contributed by atoms with E-state index in [1.807, 2.05) is 57.3 Å². The van der Waals surface area contributed by atoms with Gasteiger partial charge in [-0.05, 0) is 56.8 Å². The SMILES string of the molecule is CNCc1ccc(-c2ccc(OC(C)C)cc2)[nH]c1=O. The van der Waals surface area contributed by atoms with Gasteiger partial charge in [0.25, 0.3) is 5.56 Å². The Morgan fingerprint density at radius 3 is 2.40 bits per heavy atom. The van der Waals surface area contributed by atoms with Crippen molar-refractivity contribution in [2.75, 3.05) is 7.05 Å². The number of pyridine rings is 1. The summed E-state index contributed by atoms with van der Waals surface area (Å²) in [6, 6.07) is 11.5. The van der Waals surface area contributed by atoms with Crippen LogP contribution in [0.25, 0.3) is 11.3 Å². The van der Waals surface area contributed by atoms with Gasteiger partial charge in [0.05, 0.1) is 6.10 Å². The Balaban J connectivity index is 2.23. The van der Waals surface area contributed by atoms with Gasteiger partial charge in [-0.2, -0.15) is 0 Å². The fourth-order valence-corrected chi connectivity index (χ4v) is 1.99. The lowest BCUT2D eigenvalue weighted by atomic mass is 10.1. The van der Waals surface area contributed by atoms with Crippen LogP contribution in [0.2, 0.25) is 0 Å². The van der Waals surface area contributed by atoms with Crippen LogP contribution in [-0.2, 0) is 6.54 Å². The van der Waals surface area contributed by atoms with Crippen molar-refractivity contribution >= 4 is 0 Å². The molecule has 0 saturated heterocycles. The van der Waals surface area contributed by atoms with Crippen molar-refractivity contribution in [1.82, 2.24) is 10.3 Å². The largest absolute Gasteiger partial charge is 0.491 e. The van der Waals surface area contributed by atoms with Gasteiger partial charge in [-0.3, -0.25) is 4.79 Å². The smallest absolute Gasteiger partial charge is 0.252 e. The Morgan fingerprint density at radius 1 is 1.15 bits per heavy atom. The van der Waals surface area contributed by atoms with Gasteiger partial charge in [0.1, 0.15) is 5.75 Å². The highest BCUT2D eigenvalue weighted by atomic mass is 16.5. The lowest BCUT2D eigenvalue weighted by molar-refractivity contribution is 0.242. The molecular formula is C16H20N2O2. The first-order chi connectivity index (χ1) is 9.60. The third kappa shape index (κ3) is 3.48. The summed E-state index contributed by atoms with van der Waals surface area (Å²) in [6.45, 7) is 4.55. The molecule has 2 aromatic rings. The van der Waals surface area contributed by atoms with Gasteiger partial charge in [0.15, 0.2) is 0 Å². The molecule has 0 unspecified atom stereocenters. The summed E-state index contributed by atoms with van der Waals surface area (Å²) in [6.07, 6.45) is 0.154. The van der Waals surface area contributed by atoms with E-state index in [4.69, 9.17) is 4.74 Å². The van der Waals surface area contributed by atoms with Crippen LogP contribution in [0.5, 0.6) is 5.75 Å². The number of ether oxygens (including phenoxy) is 1. The molecule has 0 amide bonds. The van der Waals surface area contributed by atoms with Crippen LogP contribution in [-0.4, -0.2) is 18.1 Å². The molecule has 2 rings (SSSR count). The Bertz CT molecular complexity index is 615. The standard InChI is InChI=1S/C16H20N2O2/c1-11(2)20-14-7-4-12(5-8-14)15-9-6-13(10-17-3)16(19)18-15/h4-9,11,17H,10H2,1-3H3,(H,18,19). The molecule has 1 aromatic carbocycles. The maximum atomic E-state index is 11.9. The van der Waals surface area contributed by atoms with E-state index in [1.165, 1.54) is 0 Å². The van der Waals surface area contributed by atoms with E-state index < -0.39 is 0 Å². The Kier molecular flexibility index (Phi) is 4.58. The van der Waals surface area contributed by atoms with E-state index in [9.17, 15) is 4.79 Å². The second-order valence-corrected chi connectivity index (χ2v) is 4.95. The van der Waals surface area contributed by atoms with Crippen molar-refractivity contribution in [3.8, 4) is 17.0 Å². The van der Waals surface area contributed by atoms with Crippen molar-refractivity contribution in [3.63, 3.8) is 0 Å². The minimum atomic E-state index is -0.0562. The summed E-state index contributed by atoms with van der Waals surface area (Å²) >= 11 is 0.